The summed E-state index contributed by atoms with van der Waals surface area (Å²) in [6.07, 6.45) is 0. The van der Waals surface area contributed by atoms with Crippen molar-refractivity contribution in [2.45, 2.75) is 0 Å². The van der Waals surface area contributed by atoms with E-state index in [2.05, 4.69) is 9.37 Å². The number of nitrogens with zero attached hydrogens (tertiary/aromatic N) is 2. The molecule has 0 fully saturated rings. The molecule has 2 rings (SSSR count). The maximum Gasteiger partial charge on any atom is 0.179 e. The summed E-state index contributed by atoms with van der Waals surface area (Å²) >= 11 is 5.89. The first-order valence-electron chi connectivity index (χ1n) is 4.62. The summed E-state index contributed by atoms with van der Waals surface area (Å²) in [4.78, 5) is 4.39. The highest BCUT2D eigenvalue weighted by molar-refractivity contribution is 7.66. The van der Waals surface area contributed by atoms with Crippen LogP contribution in [0.15, 0.2) is 23.2 Å². The van der Waals surface area contributed by atoms with Gasteiger partial charge in [0.15, 0.2) is 9.82 Å². The molecule has 0 aliphatic rings. The van der Waals surface area contributed by atoms with E-state index < -0.39 is 0 Å². The SMILES string of the molecule is COc1cc(N=c2ssnc2Cl)cc(OC)c1. The molecule has 0 unspecified atom stereocenters. The predicted octanol–water partition coefficient (Wildman–Crippen LogP) is 3.11. The minimum atomic E-state index is 0.418. The molecule has 0 radical (unpaired) electrons. The van der Waals surface area contributed by atoms with Crippen molar-refractivity contribution in [2.24, 2.45) is 4.99 Å². The topological polar surface area (TPSA) is 43.7 Å². The summed E-state index contributed by atoms with van der Waals surface area (Å²) in [5.41, 5.74) is 0.722. The number of aromatic nitrogens is 1. The maximum atomic E-state index is 5.89. The third kappa shape index (κ3) is 2.96. The van der Waals surface area contributed by atoms with Crippen molar-refractivity contribution in [3.8, 4) is 11.5 Å². The fraction of sp³-hybridized carbons (Fsp3) is 0.200. The molecule has 0 aliphatic carbocycles. The Morgan fingerprint density at radius 2 is 1.82 bits per heavy atom. The van der Waals surface area contributed by atoms with Crippen LogP contribution in [0.2, 0.25) is 5.15 Å². The van der Waals surface area contributed by atoms with E-state index in [0.29, 0.717) is 21.3 Å². The molecule has 0 saturated heterocycles. The Hall–Kier alpha value is -1.11. The normalized spacial score (nSPS) is 11.6. The van der Waals surface area contributed by atoms with Gasteiger partial charge in [-0.05, 0) is 10.3 Å². The van der Waals surface area contributed by atoms with Crippen LogP contribution in [0.4, 0.5) is 5.69 Å². The summed E-state index contributed by atoms with van der Waals surface area (Å²) in [5, 5.41) is 0.418. The minimum absolute atomic E-state index is 0.418. The molecule has 2 aromatic rings. The monoisotopic (exact) mass is 288 g/mol. The molecule has 0 atom stereocenters. The lowest BCUT2D eigenvalue weighted by Crippen LogP contribution is -1.93. The lowest BCUT2D eigenvalue weighted by Gasteiger charge is -2.04. The van der Waals surface area contributed by atoms with Crippen LogP contribution in [0.5, 0.6) is 11.5 Å². The number of benzene rings is 1. The zero-order valence-electron chi connectivity index (χ0n) is 9.14. The van der Waals surface area contributed by atoms with Crippen LogP contribution in [0.3, 0.4) is 0 Å². The van der Waals surface area contributed by atoms with Crippen LogP contribution in [0, 0.1) is 0 Å². The van der Waals surface area contributed by atoms with Crippen LogP contribution in [0.25, 0.3) is 0 Å². The van der Waals surface area contributed by atoms with E-state index in [1.54, 1.807) is 20.3 Å². The van der Waals surface area contributed by atoms with Crippen molar-refractivity contribution in [1.82, 2.24) is 4.37 Å². The highest BCUT2D eigenvalue weighted by Gasteiger charge is 2.02. The van der Waals surface area contributed by atoms with Crippen LogP contribution in [-0.2, 0) is 0 Å². The van der Waals surface area contributed by atoms with Crippen molar-refractivity contribution in [3.63, 3.8) is 0 Å². The second-order valence-corrected chi connectivity index (χ2v) is 5.22. The first-order chi connectivity index (χ1) is 8.22. The zero-order chi connectivity index (χ0) is 12.3. The molecule has 0 aliphatic heterocycles. The van der Waals surface area contributed by atoms with Gasteiger partial charge in [0.05, 0.1) is 19.9 Å². The average molecular weight is 289 g/mol. The summed E-state index contributed by atoms with van der Waals surface area (Å²) in [5.74, 6) is 1.37. The molecule has 0 spiro atoms. The molecule has 0 amide bonds. The van der Waals surface area contributed by atoms with Gasteiger partial charge in [0.1, 0.15) is 11.5 Å². The van der Waals surface area contributed by atoms with Gasteiger partial charge in [0.25, 0.3) is 0 Å². The molecular weight excluding hydrogens is 280 g/mol. The van der Waals surface area contributed by atoms with Crippen LogP contribution in [-0.4, -0.2) is 18.6 Å². The van der Waals surface area contributed by atoms with Gasteiger partial charge in [-0.1, -0.05) is 11.6 Å². The quantitative estimate of drug-likeness (QED) is 0.815. The molecule has 1 aromatic carbocycles. The molecule has 90 valence electrons. The summed E-state index contributed by atoms with van der Waals surface area (Å²) < 4.78 is 15.0. The van der Waals surface area contributed by atoms with Crippen LogP contribution >= 0.6 is 32.5 Å². The average Bonchev–Trinajstić information content (AvgIpc) is 2.74. The van der Waals surface area contributed by atoms with E-state index in [1.807, 2.05) is 12.1 Å². The Balaban J connectivity index is 2.49. The van der Waals surface area contributed by atoms with E-state index in [1.165, 1.54) is 20.9 Å². The highest BCUT2D eigenvalue weighted by atomic mass is 35.5. The van der Waals surface area contributed by atoms with Crippen LogP contribution in [0.1, 0.15) is 0 Å². The Morgan fingerprint density at radius 3 is 2.29 bits per heavy atom. The maximum absolute atomic E-state index is 5.89. The molecule has 1 heterocycles. The fourth-order valence-electron chi connectivity index (χ4n) is 1.20. The Bertz CT molecular complexity index is 557. The van der Waals surface area contributed by atoms with Gasteiger partial charge >= 0.3 is 0 Å². The lowest BCUT2D eigenvalue weighted by molar-refractivity contribution is 0.394. The first-order valence-corrected chi connectivity index (χ1v) is 7.10. The van der Waals surface area contributed by atoms with Gasteiger partial charge in [-0.15, -0.1) is 0 Å². The predicted molar refractivity (Wildman–Crippen MR) is 69.8 cm³/mol. The minimum Gasteiger partial charge on any atom is -0.497 e. The third-order valence-electron chi connectivity index (χ3n) is 1.98. The summed E-state index contributed by atoms with van der Waals surface area (Å²) in [6.45, 7) is 0. The van der Waals surface area contributed by atoms with Gasteiger partial charge < -0.3 is 9.47 Å². The molecule has 7 heteroatoms. The molecule has 4 nitrogen and oxygen atoms in total. The number of methoxy groups -OCH3 is 2. The van der Waals surface area contributed by atoms with Gasteiger partial charge in [0, 0.05) is 28.7 Å². The van der Waals surface area contributed by atoms with Gasteiger partial charge in [0.2, 0.25) is 0 Å². The van der Waals surface area contributed by atoms with Crippen molar-refractivity contribution >= 4 is 38.2 Å². The van der Waals surface area contributed by atoms with E-state index in [9.17, 15) is 0 Å². The summed E-state index contributed by atoms with van der Waals surface area (Å²) in [7, 11) is 5.93. The van der Waals surface area contributed by atoms with E-state index in [0.717, 1.165) is 5.69 Å². The number of halogens is 1. The van der Waals surface area contributed by atoms with Crippen molar-refractivity contribution in [3.05, 3.63) is 28.0 Å². The van der Waals surface area contributed by atoms with Crippen molar-refractivity contribution < 1.29 is 9.47 Å². The number of hydrogen-bond donors (Lipinski definition) is 0. The summed E-state index contributed by atoms with van der Waals surface area (Å²) in [6, 6.07) is 5.41. The van der Waals surface area contributed by atoms with Gasteiger partial charge in [-0.25, -0.2) is 4.99 Å². The van der Waals surface area contributed by atoms with Crippen LogP contribution < -0.4 is 14.1 Å². The van der Waals surface area contributed by atoms with Gasteiger partial charge in [-0.3, -0.25) is 0 Å². The molecule has 0 N–H and O–H groups in total. The smallest absolute Gasteiger partial charge is 0.179 e. The van der Waals surface area contributed by atoms with Crippen molar-refractivity contribution in [2.75, 3.05) is 14.2 Å². The molecule has 0 bridgehead atoms. The van der Waals surface area contributed by atoms with E-state index in [-0.39, 0.29) is 0 Å². The lowest BCUT2D eigenvalue weighted by atomic mass is 10.3. The molecule has 0 saturated carbocycles. The van der Waals surface area contributed by atoms with Crippen molar-refractivity contribution in [1.29, 1.82) is 0 Å². The fourth-order valence-corrected chi connectivity index (χ4v) is 3.19. The third-order valence-corrected chi connectivity index (χ3v) is 4.15. The standard InChI is InChI=1S/C10H9ClN2O2S2/c1-14-7-3-6(4-8(5-7)15-2)12-10-9(11)13-17-16-10/h3-5H,1-2H3. The highest BCUT2D eigenvalue weighted by Crippen LogP contribution is 2.27. The van der Waals surface area contributed by atoms with E-state index in [4.69, 9.17) is 21.1 Å². The largest absolute Gasteiger partial charge is 0.497 e. The number of hydrogen-bond acceptors (Lipinski definition) is 6. The molecular formula is C10H9ClN2O2S2. The Labute approximate surface area is 111 Å². The Kier molecular flexibility index (Phi) is 3.98. The zero-order valence-corrected chi connectivity index (χ0v) is 11.5. The van der Waals surface area contributed by atoms with Gasteiger partial charge in [-0.2, -0.15) is 4.37 Å². The number of rotatable bonds is 3. The molecule has 1 aromatic heterocycles. The molecule has 17 heavy (non-hydrogen) atoms. The first kappa shape index (κ1) is 12.3. The second kappa shape index (κ2) is 5.48. The Morgan fingerprint density at radius 1 is 1.18 bits per heavy atom. The number of ether oxygens (including phenoxy) is 2. The van der Waals surface area contributed by atoms with E-state index >= 15 is 0 Å². The second-order valence-electron chi connectivity index (χ2n) is 3.03.